The molecule has 0 spiro atoms. The number of aromatic carboxylic acids is 1. The number of carboxylic acids is 1. The molecule has 0 saturated carbocycles. The Bertz CT molecular complexity index is 579. The first-order valence-corrected chi connectivity index (χ1v) is 5.29. The van der Waals surface area contributed by atoms with Crippen LogP contribution in [0.1, 0.15) is 17.3 Å². The van der Waals surface area contributed by atoms with Crippen LogP contribution in [0, 0.1) is 0 Å². The summed E-state index contributed by atoms with van der Waals surface area (Å²) in [6.07, 6.45) is 4.43. The van der Waals surface area contributed by atoms with E-state index in [-0.39, 0.29) is 17.1 Å². The van der Waals surface area contributed by atoms with Crippen LogP contribution in [0.15, 0.2) is 24.7 Å². The maximum atomic E-state index is 10.7. The lowest BCUT2D eigenvalue weighted by Gasteiger charge is -2.05. The van der Waals surface area contributed by atoms with Crippen molar-refractivity contribution in [1.82, 2.24) is 14.8 Å². The molecule has 2 heterocycles. The van der Waals surface area contributed by atoms with Crippen LogP contribution in [0.25, 0.3) is 0 Å². The van der Waals surface area contributed by atoms with Gasteiger partial charge in [-0.05, 0) is 13.0 Å². The van der Waals surface area contributed by atoms with Crippen LogP contribution >= 0.6 is 0 Å². The van der Waals surface area contributed by atoms with Gasteiger partial charge in [0.05, 0.1) is 23.6 Å². The maximum absolute atomic E-state index is 10.7. The Labute approximate surface area is 103 Å². The van der Waals surface area contributed by atoms with Gasteiger partial charge in [-0.15, -0.1) is 0 Å². The van der Waals surface area contributed by atoms with E-state index in [1.807, 2.05) is 6.92 Å². The van der Waals surface area contributed by atoms with Gasteiger partial charge in [0.25, 0.3) is 0 Å². The number of nitrogen functional groups attached to an aromatic ring is 1. The molecule has 7 nitrogen and oxygen atoms in total. The number of hydrogen-bond donors (Lipinski definition) is 2. The quantitative estimate of drug-likeness (QED) is 0.846. The first kappa shape index (κ1) is 11.9. The highest BCUT2D eigenvalue weighted by Crippen LogP contribution is 2.25. The summed E-state index contributed by atoms with van der Waals surface area (Å²) in [6, 6.07) is 1.30. The average molecular weight is 248 g/mol. The Hall–Kier alpha value is -2.57. The summed E-state index contributed by atoms with van der Waals surface area (Å²) in [4.78, 5) is 14.6. The average Bonchev–Trinajstić information content (AvgIpc) is 2.79. The van der Waals surface area contributed by atoms with Crippen LogP contribution in [0.4, 0.5) is 5.69 Å². The molecule has 7 heteroatoms. The highest BCUT2D eigenvalue weighted by Gasteiger charge is 2.10. The lowest BCUT2D eigenvalue weighted by Crippen LogP contribution is -2.01. The smallest absolute Gasteiger partial charge is 0.337 e. The summed E-state index contributed by atoms with van der Waals surface area (Å²) in [5.41, 5.74) is 5.85. The summed E-state index contributed by atoms with van der Waals surface area (Å²) >= 11 is 0. The van der Waals surface area contributed by atoms with Crippen molar-refractivity contribution in [3.63, 3.8) is 0 Å². The van der Waals surface area contributed by atoms with Gasteiger partial charge in [0, 0.05) is 12.7 Å². The molecular weight excluding hydrogens is 236 g/mol. The van der Waals surface area contributed by atoms with Crippen molar-refractivity contribution in [2.45, 2.75) is 13.5 Å². The van der Waals surface area contributed by atoms with Crippen molar-refractivity contribution in [3.8, 4) is 11.6 Å². The lowest BCUT2D eigenvalue weighted by atomic mass is 10.2. The molecule has 0 aliphatic rings. The molecule has 0 radical (unpaired) electrons. The number of ether oxygens (including phenoxy) is 1. The van der Waals surface area contributed by atoms with Gasteiger partial charge in [-0.1, -0.05) is 0 Å². The molecule has 0 unspecified atom stereocenters. The predicted molar refractivity (Wildman–Crippen MR) is 63.6 cm³/mol. The molecule has 0 aromatic carbocycles. The Balaban J connectivity index is 2.21. The number of hydrogen-bond acceptors (Lipinski definition) is 5. The third kappa shape index (κ3) is 2.40. The second-order valence-corrected chi connectivity index (χ2v) is 3.56. The molecule has 2 aromatic rings. The number of aryl methyl sites for hydroxylation is 1. The zero-order chi connectivity index (χ0) is 13.1. The van der Waals surface area contributed by atoms with Crippen molar-refractivity contribution in [1.29, 1.82) is 0 Å². The van der Waals surface area contributed by atoms with Gasteiger partial charge >= 0.3 is 5.97 Å². The number of pyridine rings is 1. The molecule has 0 atom stereocenters. The standard InChI is InChI=1S/C11H12N4O3/c1-2-15-6-8(5-14-15)18-10-9(12)3-7(4-13-10)11(16)17/h3-6H,2,12H2,1H3,(H,16,17). The molecule has 18 heavy (non-hydrogen) atoms. The highest BCUT2D eigenvalue weighted by atomic mass is 16.5. The first-order chi connectivity index (χ1) is 8.60. The van der Waals surface area contributed by atoms with Gasteiger partial charge in [0.2, 0.25) is 5.88 Å². The summed E-state index contributed by atoms with van der Waals surface area (Å²) in [6.45, 7) is 2.68. The van der Waals surface area contributed by atoms with Gasteiger partial charge in [0.15, 0.2) is 5.75 Å². The number of rotatable bonds is 4. The topological polar surface area (TPSA) is 103 Å². The van der Waals surface area contributed by atoms with Gasteiger partial charge < -0.3 is 15.6 Å². The molecule has 0 amide bonds. The molecule has 2 aromatic heterocycles. The molecule has 94 valence electrons. The largest absolute Gasteiger partial charge is 0.478 e. The summed E-state index contributed by atoms with van der Waals surface area (Å²) in [5, 5.41) is 12.8. The van der Waals surface area contributed by atoms with Crippen LogP contribution in [0.3, 0.4) is 0 Å². The molecule has 0 bridgehead atoms. The fraction of sp³-hybridized carbons (Fsp3) is 0.182. The first-order valence-electron chi connectivity index (χ1n) is 5.29. The van der Waals surface area contributed by atoms with Crippen LogP contribution < -0.4 is 10.5 Å². The Morgan fingerprint density at radius 1 is 1.56 bits per heavy atom. The third-order valence-electron chi connectivity index (χ3n) is 2.27. The van der Waals surface area contributed by atoms with E-state index in [0.29, 0.717) is 5.75 Å². The van der Waals surface area contributed by atoms with Gasteiger partial charge in [0.1, 0.15) is 0 Å². The summed E-state index contributed by atoms with van der Waals surface area (Å²) < 4.78 is 7.11. The van der Waals surface area contributed by atoms with E-state index in [2.05, 4.69) is 10.1 Å². The maximum Gasteiger partial charge on any atom is 0.337 e. The van der Waals surface area contributed by atoms with Gasteiger partial charge in [-0.3, -0.25) is 4.68 Å². The fourth-order valence-corrected chi connectivity index (χ4v) is 1.35. The van der Waals surface area contributed by atoms with Crippen molar-refractivity contribution in [2.75, 3.05) is 5.73 Å². The van der Waals surface area contributed by atoms with E-state index in [1.165, 1.54) is 18.5 Å². The minimum absolute atomic E-state index is 0.0177. The number of carboxylic acid groups (broad SMARTS) is 1. The van der Waals surface area contributed by atoms with Crippen LogP contribution in [0.5, 0.6) is 11.6 Å². The fourth-order valence-electron chi connectivity index (χ4n) is 1.35. The molecule has 2 rings (SSSR count). The number of anilines is 1. The van der Waals surface area contributed by atoms with Gasteiger partial charge in [-0.25, -0.2) is 9.78 Å². The molecule has 3 N–H and O–H groups in total. The normalized spacial score (nSPS) is 10.3. The summed E-state index contributed by atoms with van der Waals surface area (Å²) in [7, 11) is 0. The second kappa shape index (κ2) is 4.74. The molecular formula is C11H12N4O3. The van der Waals surface area contributed by atoms with Crippen molar-refractivity contribution in [3.05, 3.63) is 30.2 Å². The van der Waals surface area contributed by atoms with Crippen molar-refractivity contribution >= 4 is 11.7 Å². The minimum Gasteiger partial charge on any atom is -0.478 e. The minimum atomic E-state index is -1.08. The SMILES string of the molecule is CCn1cc(Oc2ncc(C(=O)O)cc2N)cn1. The molecule has 0 saturated heterocycles. The number of nitrogens with zero attached hydrogens (tertiary/aromatic N) is 3. The van der Waals surface area contributed by atoms with E-state index < -0.39 is 5.97 Å². The highest BCUT2D eigenvalue weighted by molar-refractivity contribution is 5.88. The van der Waals surface area contributed by atoms with E-state index in [1.54, 1.807) is 10.9 Å². The van der Waals surface area contributed by atoms with Crippen LogP contribution in [-0.2, 0) is 6.54 Å². The Morgan fingerprint density at radius 3 is 2.89 bits per heavy atom. The zero-order valence-corrected chi connectivity index (χ0v) is 9.70. The predicted octanol–water partition coefficient (Wildman–Crippen LogP) is 1.37. The monoisotopic (exact) mass is 248 g/mol. The third-order valence-corrected chi connectivity index (χ3v) is 2.27. The molecule has 0 aliphatic heterocycles. The van der Waals surface area contributed by atoms with Gasteiger partial charge in [-0.2, -0.15) is 5.10 Å². The Morgan fingerprint density at radius 2 is 2.33 bits per heavy atom. The van der Waals surface area contributed by atoms with Crippen LogP contribution in [-0.4, -0.2) is 25.8 Å². The number of nitrogens with two attached hydrogens (primary N) is 1. The van der Waals surface area contributed by atoms with E-state index in [9.17, 15) is 4.79 Å². The van der Waals surface area contributed by atoms with E-state index in [4.69, 9.17) is 15.6 Å². The zero-order valence-electron chi connectivity index (χ0n) is 9.70. The molecule has 0 fully saturated rings. The lowest BCUT2D eigenvalue weighted by molar-refractivity contribution is 0.0696. The van der Waals surface area contributed by atoms with Crippen molar-refractivity contribution in [2.24, 2.45) is 0 Å². The van der Waals surface area contributed by atoms with E-state index >= 15 is 0 Å². The second-order valence-electron chi connectivity index (χ2n) is 3.56. The van der Waals surface area contributed by atoms with Crippen LogP contribution in [0.2, 0.25) is 0 Å². The molecule has 0 aliphatic carbocycles. The van der Waals surface area contributed by atoms with Crippen molar-refractivity contribution < 1.29 is 14.6 Å². The summed E-state index contributed by atoms with van der Waals surface area (Å²) in [5.74, 6) is -0.422. The number of aromatic nitrogens is 3. The number of carbonyl (C=O) groups is 1. The Kier molecular flexibility index (Phi) is 3.13. The van der Waals surface area contributed by atoms with E-state index in [0.717, 1.165) is 6.54 Å².